The predicted octanol–water partition coefficient (Wildman–Crippen LogP) is 1.10. The normalized spacial score (nSPS) is 33.5. The number of aliphatic hydroxyl groups is 2. The fourth-order valence-corrected chi connectivity index (χ4v) is 2.04. The van der Waals surface area contributed by atoms with Crippen LogP contribution in [0.15, 0.2) is 23.5 Å². The zero-order valence-corrected chi connectivity index (χ0v) is 7.23. The van der Waals surface area contributed by atoms with Crippen LogP contribution in [-0.4, -0.2) is 22.1 Å². The minimum absolute atomic E-state index is 0.0165. The van der Waals surface area contributed by atoms with E-state index in [1.54, 1.807) is 12.2 Å². The summed E-state index contributed by atoms with van der Waals surface area (Å²) >= 11 is 0. The van der Waals surface area contributed by atoms with Crippen molar-refractivity contribution in [3.8, 4) is 0 Å². The first-order chi connectivity index (χ1) is 6.20. The van der Waals surface area contributed by atoms with Gasteiger partial charge in [0.15, 0.2) is 5.78 Å². The topological polar surface area (TPSA) is 57.5 Å². The monoisotopic (exact) mass is 180 g/mol. The highest BCUT2D eigenvalue weighted by molar-refractivity contribution is 5.97. The van der Waals surface area contributed by atoms with Crippen LogP contribution in [-0.2, 0) is 4.79 Å². The van der Waals surface area contributed by atoms with Gasteiger partial charge in [0, 0.05) is 17.9 Å². The van der Waals surface area contributed by atoms with Crippen molar-refractivity contribution in [3.63, 3.8) is 0 Å². The van der Waals surface area contributed by atoms with Gasteiger partial charge in [-0.1, -0.05) is 6.08 Å². The van der Waals surface area contributed by atoms with E-state index in [0.717, 1.165) is 0 Å². The highest BCUT2D eigenvalue weighted by atomic mass is 16.3. The number of carbonyl (C=O) groups is 1. The van der Waals surface area contributed by atoms with Crippen molar-refractivity contribution in [2.24, 2.45) is 5.92 Å². The Bertz CT molecular complexity index is 301. The van der Waals surface area contributed by atoms with Gasteiger partial charge in [-0.2, -0.15) is 0 Å². The number of allylic oxidation sites excluding steroid dienone is 2. The van der Waals surface area contributed by atoms with Gasteiger partial charge >= 0.3 is 0 Å². The van der Waals surface area contributed by atoms with Crippen LogP contribution in [0.1, 0.15) is 19.3 Å². The van der Waals surface area contributed by atoms with Crippen molar-refractivity contribution in [2.45, 2.75) is 25.4 Å². The minimum atomic E-state index is -0.472. The third-order valence-corrected chi connectivity index (χ3v) is 2.74. The number of fused-ring (bicyclic) bond motifs is 1. The smallest absolute Gasteiger partial charge is 0.163 e. The van der Waals surface area contributed by atoms with E-state index >= 15 is 0 Å². The van der Waals surface area contributed by atoms with Crippen molar-refractivity contribution in [2.75, 3.05) is 0 Å². The molecule has 0 aromatic carbocycles. The van der Waals surface area contributed by atoms with E-state index in [1.165, 1.54) is 0 Å². The van der Waals surface area contributed by atoms with E-state index in [9.17, 15) is 15.0 Å². The van der Waals surface area contributed by atoms with Gasteiger partial charge < -0.3 is 10.2 Å². The molecule has 0 saturated heterocycles. The Balaban J connectivity index is 2.39. The Kier molecular flexibility index (Phi) is 1.96. The molecule has 1 fully saturated rings. The molecular weight excluding hydrogens is 168 g/mol. The summed E-state index contributed by atoms with van der Waals surface area (Å²) in [7, 11) is 0. The highest BCUT2D eigenvalue weighted by Crippen LogP contribution is 2.34. The SMILES string of the molecule is O=C1CCC(O)C2CC=CC(O)=C12. The lowest BCUT2D eigenvalue weighted by molar-refractivity contribution is -0.119. The fraction of sp³-hybridized carbons (Fsp3) is 0.500. The second-order valence-corrected chi connectivity index (χ2v) is 3.57. The van der Waals surface area contributed by atoms with Crippen LogP contribution in [0.4, 0.5) is 0 Å². The molecule has 0 heterocycles. The molecule has 0 aromatic heterocycles. The van der Waals surface area contributed by atoms with Gasteiger partial charge in [-0.3, -0.25) is 4.79 Å². The number of hydrogen-bond donors (Lipinski definition) is 2. The third-order valence-electron chi connectivity index (χ3n) is 2.74. The molecule has 0 spiro atoms. The number of Topliss-reactive ketones (excluding diaryl/α,β-unsaturated/α-hetero) is 1. The summed E-state index contributed by atoms with van der Waals surface area (Å²) in [5.74, 6) is -0.150. The van der Waals surface area contributed by atoms with Crippen LogP contribution >= 0.6 is 0 Å². The molecule has 70 valence electrons. The van der Waals surface area contributed by atoms with Crippen LogP contribution in [0.25, 0.3) is 0 Å². The summed E-state index contributed by atoms with van der Waals surface area (Å²) in [6, 6.07) is 0. The van der Waals surface area contributed by atoms with Crippen LogP contribution < -0.4 is 0 Å². The lowest BCUT2D eigenvalue weighted by Gasteiger charge is -2.30. The van der Waals surface area contributed by atoms with E-state index in [-0.39, 0.29) is 17.5 Å². The number of carbonyl (C=O) groups excluding carboxylic acids is 1. The molecule has 2 aliphatic rings. The molecule has 0 radical (unpaired) electrons. The Labute approximate surface area is 76.4 Å². The predicted molar refractivity (Wildman–Crippen MR) is 47.1 cm³/mol. The molecule has 2 atom stereocenters. The molecule has 0 amide bonds. The number of rotatable bonds is 0. The Hall–Kier alpha value is -1.09. The number of ketones is 1. The average molecular weight is 180 g/mol. The van der Waals surface area contributed by atoms with Crippen molar-refractivity contribution in [3.05, 3.63) is 23.5 Å². The molecule has 2 aliphatic carbocycles. The number of aliphatic hydroxyl groups excluding tert-OH is 2. The van der Waals surface area contributed by atoms with Crippen LogP contribution in [0.2, 0.25) is 0 Å². The standard InChI is InChI=1S/C10H12O3/c11-7-4-5-9(13)10-6(7)2-1-3-8(10)12/h1,3,6-7,11-12H,2,4-5H2. The maximum absolute atomic E-state index is 11.4. The van der Waals surface area contributed by atoms with Crippen molar-refractivity contribution in [1.29, 1.82) is 0 Å². The maximum atomic E-state index is 11.4. The molecule has 2 N–H and O–H groups in total. The average Bonchev–Trinajstić information content (AvgIpc) is 2.12. The summed E-state index contributed by atoms with van der Waals surface area (Å²) in [6.45, 7) is 0. The summed E-state index contributed by atoms with van der Waals surface area (Å²) < 4.78 is 0. The lowest BCUT2D eigenvalue weighted by atomic mass is 9.76. The van der Waals surface area contributed by atoms with Crippen LogP contribution in [0, 0.1) is 5.92 Å². The minimum Gasteiger partial charge on any atom is -0.508 e. The molecule has 2 unspecified atom stereocenters. The van der Waals surface area contributed by atoms with Gasteiger partial charge in [0.25, 0.3) is 0 Å². The summed E-state index contributed by atoms with van der Waals surface area (Å²) in [4.78, 5) is 11.4. The summed E-state index contributed by atoms with van der Waals surface area (Å²) in [5, 5.41) is 19.1. The van der Waals surface area contributed by atoms with Crippen molar-refractivity contribution >= 4 is 5.78 Å². The summed E-state index contributed by atoms with van der Waals surface area (Å²) in [5.41, 5.74) is 0.432. The van der Waals surface area contributed by atoms with Gasteiger partial charge in [-0.15, -0.1) is 0 Å². The second kappa shape index (κ2) is 3.00. The van der Waals surface area contributed by atoms with Crippen molar-refractivity contribution in [1.82, 2.24) is 0 Å². The highest BCUT2D eigenvalue weighted by Gasteiger charge is 2.35. The van der Waals surface area contributed by atoms with Crippen LogP contribution in [0.5, 0.6) is 0 Å². The van der Waals surface area contributed by atoms with Crippen molar-refractivity contribution < 1.29 is 15.0 Å². The molecule has 0 aliphatic heterocycles. The quantitative estimate of drug-likeness (QED) is 0.586. The van der Waals surface area contributed by atoms with Gasteiger partial charge in [0.2, 0.25) is 0 Å². The first-order valence-corrected chi connectivity index (χ1v) is 4.51. The Morgan fingerprint density at radius 2 is 2.23 bits per heavy atom. The molecule has 3 heteroatoms. The van der Waals surface area contributed by atoms with E-state index in [1.807, 2.05) is 0 Å². The van der Waals surface area contributed by atoms with Gasteiger partial charge in [-0.05, 0) is 18.9 Å². The molecule has 0 aromatic rings. The zero-order valence-electron chi connectivity index (χ0n) is 7.23. The molecule has 1 saturated carbocycles. The van der Waals surface area contributed by atoms with Gasteiger partial charge in [-0.25, -0.2) is 0 Å². The molecular formula is C10H12O3. The lowest BCUT2D eigenvalue weighted by Crippen LogP contribution is -2.33. The van der Waals surface area contributed by atoms with Crippen LogP contribution in [0.3, 0.4) is 0 Å². The number of hydrogen-bond acceptors (Lipinski definition) is 3. The van der Waals surface area contributed by atoms with Gasteiger partial charge in [0.1, 0.15) is 5.76 Å². The molecule has 3 nitrogen and oxygen atoms in total. The van der Waals surface area contributed by atoms with E-state index in [2.05, 4.69) is 0 Å². The third kappa shape index (κ3) is 1.29. The van der Waals surface area contributed by atoms with E-state index in [0.29, 0.717) is 24.8 Å². The van der Waals surface area contributed by atoms with E-state index in [4.69, 9.17) is 0 Å². The fourth-order valence-electron chi connectivity index (χ4n) is 2.04. The summed E-state index contributed by atoms with van der Waals surface area (Å²) in [6.07, 6.45) is 4.40. The molecule has 0 bridgehead atoms. The largest absolute Gasteiger partial charge is 0.508 e. The first-order valence-electron chi connectivity index (χ1n) is 4.51. The zero-order chi connectivity index (χ0) is 9.42. The Morgan fingerprint density at radius 1 is 1.46 bits per heavy atom. The maximum Gasteiger partial charge on any atom is 0.163 e. The molecule has 13 heavy (non-hydrogen) atoms. The second-order valence-electron chi connectivity index (χ2n) is 3.57. The Morgan fingerprint density at radius 3 is 2.92 bits per heavy atom. The van der Waals surface area contributed by atoms with Gasteiger partial charge in [0.05, 0.1) is 6.10 Å². The van der Waals surface area contributed by atoms with E-state index < -0.39 is 6.10 Å². The first kappa shape index (κ1) is 8.51. The molecule has 2 rings (SSSR count).